The molecule has 0 aliphatic heterocycles. The van der Waals surface area contributed by atoms with Gasteiger partial charge in [-0.15, -0.1) is 0 Å². The van der Waals surface area contributed by atoms with E-state index >= 15 is 0 Å². The largest absolute Gasteiger partial charge is 0.497 e. The first kappa shape index (κ1) is 14.6. The van der Waals surface area contributed by atoms with E-state index in [0.717, 1.165) is 17.7 Å². The summed E-state index contributed by atoms with van der Waals surface area (Å²) in [6.45, 7) is 3.93. The van der Waals surface area contributed by atoms with Crippen LogP contribution < -0.4 is 4.74 Å². The molecule has 0 spiro atoms. The molecule has 106 valence electrons. The molecule has 0 heterocycles. The fourth-order valence-corrected chi connectivity index (χ4v) is 2.24. The number of ether oxygens (including phenoxy) is 1. The predicted molar refractivity (Wildman–Crippen MR) is 82.1 cm³/mol. The summed E-state index contributed by atoms with van der Waals surface area (Å²) in [5, 5.41) is 10.6. The first-order chi connectivity index (χ1) is 9.51. The maximum atomic E-state index is 10.6. The average molecular weight is 270 g/mol. The quantitative estimate of drug-likeness (QED) is 0.894. The second-order valence-corrected chi connectivity index (χ2v) is 5.49. The molecule has 0 aromatic heterocycles. The Kier molecular flexibility index (Phi) is 4.46. The van der Waals surface area contributed by atoms with Gasteiger partial charge in [0.25, 0.3) is 0 Å². The lowest BCUT2D eigenvalue weighted by molar-refractivity contribution is 0.0480. The summed E-state index contributed by atoms with van der Waals surface area (Å²) in [7, 11) is 1.66. The molecule has 0 amide bonds. The highest BCUT2D eigenvalue weighted by Crippen LogP contribution is 2.26. The molecule has 0 saturated carbocycles. The topological polar surface area (TPSA) is 29.5 Å². The first-order valence-corrected chi connectivity index (χ1v) is 6.94. The van der Waals surface area contributed by atoms with Crippen molar-refractivity contribution in [3.63, 3.8) is 0 Å². The van der Waals surface area contributed by atoms with Gasteiger partial charge in [-0.05, 0) is 49.9 Å². The summed E-state index contributed by atoms with van der Waals surface area (Å²) in [5.74, 6) is 0.860. The zero-order chi connectivity index (χ0) is 14.6. The second-order valence-electron chi connectivity index (χ2n) is 5.49. The molecular weight excluding hydrogens is 248 g/mol. The molecule has 2 heteroatoms. The highest BCUT2D eigenvalue weighted by atomic mass is 16.5. The Labute approximate surface area is 121 Å². The van der Waals surface area contributed by atoms with Crippen molar-refractivity contribution >= 4 is 0 Å². The lowest BCUT2D eigenvalue weighted by Crippen LogP contribution is -2.21. The van der Waals surface area contributed by atoms with Gasteiger partial charge in [-0.25, -0.2) is 0 Å². The number of rotatable bonds is 5. The van der Waals surface area contributed by atoms with Crippen molar-refractivity contribution in [2.75, 3.05) is 7.11 Å². The molecule has 0 aliphatic rings. The Balaban J connectivity index is 2.02. The van der Waals surface area contributed by atoms with Gasteiger partial charge >= 0.3 is 0 Å². The van der Waals surface area contributed by atoms with Crippen LogP contribution in [0.1, 0.15) is 30.0 Å². The Morgan fingerprint density at radius 1 is 1.00 bits per heavy atom. The first-order valence-electron chi connectivity index (χ1n) is 6.94. The molecule has 0 bridgehead atoms. The minimum absolute atomic E-state index is 0.697. The number of aryl methyl sites for hydroxylation is 2. The Hall–Kier alpha value is -1.80. The van der Waals surface area contributed by atoms with Crippen LogP contribution in [0.2, 0.25) is 0 Å². The summed E-state index contributed by atoms with van der Waals surface area (Å²) in [6.07, 6.45) is 1.53. The molecule has 20 heavy (non-hydrogen) atoms. The van der Waals surface area contributed by atoms with E-state index in [2.05, 4.69) is 6.92 Å². The third kappa shape index (κ3) is 3.61. The van der Waals surface area contributed by atoms with Gasteiger partial charge in [0.2, 0.25) is 0 Å². The normalized spacial score (nSPS) is 13.8. The van der Waals surface area contributed by atoms with E-state index in [1.807, 2.05) is 55.5 Å². The van der Waals surface area contributed by atoms with Crippen LogP contribution in [0, 0.1) is 6.92 Å². The Morgan fingerprint density at radius 2 is 1.60 bits per heavy atom. The molecule has 1 atom stereocenters. The minimum Gasteiger partial charge on any atom is -0.497 e. The molecule has 0 fully saturated rings. The molecule has 2 nitrogen and oxygen atoms in total. The Bertz CT molecular complexity index is 539. The minimum atomic E-state index is -0.798. The van der Waals surface area contributed by atoms with Gasteiger partial charge in [0.15, 0.2) is 0 Å². The highest BCUT2D eigenvalue weighted by molar-refractivity contribution is 5.29. The SMILES string of the molecule is COc1ccc(CCC(C)(O)c2ccc(C)cc2)cc1. The summed E-state index contributed by atoms with van der Waals surface area (Å²) in [6, 6.07) is 16.1. The predicted octanol–water partition coefficient (Wildman–Crippen LogP) is 3.84. The van der Waals surface area contributed by atoms with Crippen molar-refractivity contribution < 1.29 is 9.84 Å². The smallest absolute Gasteiger partial charge is 0.118 e. The molecule has 2 aromatic rings. The van der Waals surface area contributed by atoms with Crippen LogP contribution in [0.15, 0.2) is 48.5 Å². The number of aliphatic hydroxyl groups is 1. The molecule has 0 radical (unpaired) electrons. The van der Waals surface area contributed by atoms with Crippen molar-refractivity contribution in [1.29, 1.82) is 0 Å². The zero-order valence-electron chi connectivity index (χ0n) is 12.4. The molecule has 0 aliphatic carbocycles. The van der Waals surface area contributed by atoms with Crippen LogP contribution in [0.5, 0.6) is 5.75 Å². The van der Waals surface area contributed by atoms with E-state index in [0.29, 0.717) is 6.42 Å². The molecule has 1 unspecified atom stereocenters. The van der Waals surface area contributed by atoms with E-state index in [-0.39, 0.29) is 0 Å². The molecular formula is C18H22O2. The van der Waals surface area contributed by atoms with E-state index in [1.165, 1.54) is 11.1 Å². The van der Waals surface area contributed by atoms with E-state index in [9.17, 15) is 5.11 Å². The van der Waals surface area contributed by atoms with Gasteiger partial charge in [0.05, 0.1) is 12.7 Å². The van der Waals surface area contributed by atoms with Crippen LogP contribution in [0.25, 0.3) is 0 Å². The number of hydrogen-bond acceptors (Lipinski definition) is 2. The van der Waals surface area contributed by atoms with Crippen molar-refractivity contribution in [2.24, 2.45) is 0 Å². The average Bonchev–Trinajstić information content (AvgIpc) is 2.46. The monoisotopic (exact) mass is 270 g/mol. The van der Waals surface area contributed by atoms with Crippen molar-refractivity contribution in [2.45, 2.75) is 32.3 Å². The summed E-state index contributed by atoms with van der Waals surface area (Å²) in [4.78, 5) is 0. The van der Waals surface area contributed by atoms with E-state index < -0.39 is 5.60 Å². The number of methoxy groups -OCH3 is 1. The van der Waals surface area contributed by atoms with Crippen LogP contribution in [0.3, 0.4) is 0 Å². The third-order valence-corrected chi connectivity index (χ3v) is 3.73. The van der Waals surface area contributed by atoms with Crippen LogP contribution in [0.4, 0.5) is 0 Å². The van der Waals surface area contributed by atoms with Gasteiger partial charge in [0.1, 0.15) is 5.75 Å². The zero-order valence-corrected chi connectivity index (χ0v) is 12.4. The van der Waals surface area contributed by atoms with Gasteiger partial charge in [-0.2, -0.15) is 0 Å². The van der Waals surface area contributed by atoms with Crippen LogP contribution >= 0.6 is 0 Å². The summed E-state index contributed by atoms with van der Waals surface area (Å²) >= 11 is 0. The lowest BCUT2D eigenvalue weighted by Gasteiger charge is -2.24. The molecule has 1 N–H and O–H groups in total. The molecule has 0 saturated heterocycles. The van der Waals surface area contributed by atoms with Gasteiger partial charge in [-0.1, -0.05) is 42.0 Å². The summed E-state index contributed by atoms with van der Waals surface area (Å²) < 4.78 is 5.15. The van der Waals surface area contributed by atoms with Crippen LogP contribution in [-0.2, 0) is 12.0 Å². The van der Waals surface area contributed by atoms with Gasteiger partial charge in [-0.3, -0.25) is 0 Å². The molecule has 2 rings (SSSR count). The molecule has 2 aromatic carbocycles. The summed E-state index contributed by atoms with van der Waals surface area (Å²) in [5.41, 5.74) is 2.59. The highest BCUT2D eigenvalue weighted by Gasteiger charge is 2.22. The third-order valence-electron chi connectivity index (χ3n) is 3.73. The van der Waals surface area contributed by atoms with E-state index in [1.54, 1.807) is 7.11 Å². The van der Waals surface area contributed by atoms with Gasteiger partial charge in [0, 0.05) is 0 Å². The van der Waals surface area contributed by atoms with E-state index in [4.69, 9.17) is 4.74 Å². The maximum Gasteiger partial charge on any atom is 0.118 e. The van der Waals surface area contributed by atoms with Crippen LogP contribution in [-0.4, -0.2) is 12.2 Å². The fraction of sp³-hybridized carbons (Fsp3) is 0.333. The second kappa shape index (κ2) is 6.10. The lowest BCUT2D eigenvalue weighted by atomic mass is 9.89. The maximum absolute atomic E-state index is 10.6. The van der Waals surface area contributed by atoms with Gasteiger partial charge < -0.3 is 9.84 Å². The van der Waals surface area contributed by atoms with Crippen molar-refractivity contribution in [1.82, 2.24) is 0 Å². The standard InChI is InChI=1S/C18H22O2/c1-14-4-8-16(9-5-14)18(2,19)13-12-15-6-10-17(20-3)11-7-15/h4-11,19H,12-13H2,1-3H3. The fourth-order valence-electron chi connectivity index (χ4n) is 2.24. The Morgan fingerprint density at radius 3 is 2.15 bits per heavy atom. The number of hydrogen-bond donors (Lipinski definition) is 1. The number of benzene rings is 2. The van der Waals surface area contributed by atoms with Crippen molar-refractivity contribution in [3.8, 4) is 5.75 Å². The van der Waals surface area contributed by atoms with Crippen molar-refractivity contribution in [3.05, 3.63) is 65.2 Å².